The van der Waals surface area contributed by atoms with E-state index in [-0.39, 0.29) is 0 Å². The first kappa shape index (κ1) is 16.0. The van der Waals surface area contributed by atoms with Gasteiger partial charge in [-0.25, -0.2) is 0 Å². The molecule has 0 saturated heterocycles. The van der Waals surface area contributed by atoms with Gasteiger partial charge in [0.15, 0.2) is 11.5 Å². The van der Waals surface area contributed by atoms with E-state index in [2.05, 4.69) is 27.8 Å². The first-order valence-corrected chi connectivity index (χ1v) is 6.93. The normalized spacial score (nSPS) is 10.3. The van der Waals surface area contributed by atoms with Crippen LogP contribution in [0.1, 0.15) is 5.56 Å². The Bertz CT molecular complexity index is 410. The second-order valence-electron chi connectivity index (χ2n) is 3.98. The van der Waals surface area contributed by atoms with Crippen LogP contribution in [0.3, 0.4) is 0 Å². The first-order valence-electron chi connectivity index (χ1n) is 6.13. The Kier molecular flexibility index (Phi) is 7.55. The summed E-state index contributed by atoms with van der Waals surface area (Å²) in [4.78, 5) is 0. The van der Waals surface area contributed by atoms with E-state index < -0.39 is 0 Å². The van der Waals surface area contributed by atoms with Gasteiger partial charge in [0.2, 0.25) is 0 Å². The van der Waals surface area contributed by atoms with Crippen LogP contribution in [0, 0.1) is 0 Å². The summed E-state index contributed by atoms with van der Waals surface area (Å²) in [7, 11) is 3.35. The van der Waals surface area contributed by atoms with Gasteiger partial charge in [-0.2, -0.15) is 0 Å². The van der Waals surface area contributed by atoms with Crippen LogP contribution in [0.25, 0.3) is 0 Å². The third-order valence-corrected chi connectivity index (χ3v) is 3.13. The van der Waals surface area contributed by atoms with Crippen molar-refractivity contribution in [2.45, 2.75) is 6.54 Å². The topological polar surface area (TPSA) is 44.3 Å². The number of benzene rings is 1. The minimum atomic E-state index is 0.453. The molecule has 0 radical (unpaired) electrons. The molecule has 0 aliphatic rings. The molecule has 0 saturated carbocycles. The fourth-order valence-corrected chi connectivity index (χ4v) is 2.25. The molecule has 1 aromatic carbocycles. The van der Waals surface area contributed by atoms with Crippen LogP contribution >= 0.6 is 15.9 Å². The molecule has 0 atom stereocenters. The molecule has 0 amide bonds. The van der Waals surface area contributed by atoms with Crippen LogP contribution < -0.4 is 14.8 Å². The highest BCUT2D eigenvalue weighted by atomic mass is 79.9. The Balaban J connectivity index is 2.74. The van der Waals surface area contributed by atoms with E-state index in [1.54, 1.807) is 20.3 Å². The molecule has 0 aromatic heterocycles. The fourth-order valence-electron chi connectivity index (χ4n) is 1.64. The molecule has 19 heavy (non-hydrogen) atoms. The molecule has 0 unspecified atom stereocenters. The highest BCUT2D eigenvalue weighted by molar-refractivity contribution is 9.10. The van der Waals surface area contributed by atoms with E-state index in [0.29, 0.717) is 12.4 Å². The van der Waals surface area contributed by atoms with Crippen LogP contribution in [0.15, 0.2) is 29.3 Å². The molecule has 4 nitrogen and oxygen atoms in total. The average Bonchev–Trinajstić information content (AvgIpc) is 2.42. The highest BCUT2D eigenvalue weighted by Gasteiger charge is 2.11. The molecule has 1 rings (SSSR count). The molecular weight excluding hydrogens is 310 g/mol. The summed E-state index contributed by atoms with van der Waals surface area (Å²) in [6.07, 6.45) is 1.71. The van der Waals surface area contributed by atoms with Gasteiger partial charge in [-0.1, -0.05) is 12.7 Å². The van der Waals surface area contributed by atoms with Crippen molar-refractivity contribution in [2.24, 2.45) is 0 Å². The number of hydrogen-bond donors (Lipinski definition) is 1. The van der Waals surface area contributed by atoms with E-state index in [0.717, 1.165) is 29.9 Å². The second-order valence-corrected chi connectivity index (χ2v) is 4.84. The molecular formula is C14H21BrNO3+. The molecule has 0 bridgehead atoms. The summed E-state index contributed by atoms with van der Waals surface area (Å²) in [5.41, 5.74) is 1.17. The molecule has 2 N–H and O–H groups in total. The van der Waals surface area contributed by atoms with Gasteiger partial charge in [-0.05, 0) is 28.1 Å². The quantitative estimate of drug-likeness (QED) is 0.554. The zero-order valence-electron chi connectivity index (χ0n) is 11.4. The monoisotopic (exact) mass is 330 g/mol. The Morgan fingerprint density at radius 1 is 1.37 bits per heavy atom. The number of methoxy groups -OCH3 is 2. The lowest BCUT2D eigenvalue weighted by Crippen LogP contribution is -2.83. The van der Waals surface area contributed by atoms with Gasteiger partial charge in [0.05, 0.1) is 24.7 Å². The summed E-state index contributed by atoms with van der Waals surface area (Å²) in [6.45, 7) is 6.65. The van der Waals surface area contributed by atoms with Crippen molar-refractivity contribution in [3.8, 4) is 11.5 Å². The number of hydrogen-bond acceptors (Lipinski definition) is 3. The minimum absolute atomic E-state index is 0.453. The van der Waals surface area contributed by atoms with E-state index >= 15 is 0 Å². The molecule has 0 fully saturated rings. The number of nitrogens with two attached hydrogens (primary N) is 1. The van der Waals surface area contributed by atoms with Gasteiger partial charge in [0.25, 0.3) is 0 Å². The third kappa shape index (κ3) is 5.22. The molecule has 0 aliphatic carbocycles. The van der Waals surface area contributed by atoms with Crippen LogP contribution in [0.5, 0.6) is 11.5 Å². The maximum Gasteiger partial charge on any atom is 0.175 e. The fraction of sp³-hybridized carbons (Fsp3) is 0.429. The maximum atomic E-state index is 5.59. The Labute approximate surface area is 122 Å². The van der Waals surface area contributed by atoms with Crippen molar-refractivity contribution in [1.29, 1.82) is 0 Å². The Hall–Kier alpha value is -1.04. The molecule has 5 heteroatoms. The lowest BCUT2D eigenvalue weighted by atomic mass is 10.2. The molecule has 0 heterocycles. The van der Waals surface area contributed by atoms with Gasteiger partial charge in [-0.15, -0.1) is 0 Å². The van der Waals surface area contributed by atoms with Crippen molar-refractivity contribution >= 4 is 15.9 Å². The van der Waals surface area contributed by atoms with Gasteiger partial charge in [-0.3, -0.25) is 0 Å². The van der Waals surface area contributed by atoms with Gasteiger partial charge in [0, 0.05) is 12.7 Å². The average molecular weight is 331 g/mol. The number of quaternary nitrogens is 1. The smallest absolute Gasteiger partial charge is 0.175 e. The Morgan fingerprint density at radius 2 is 2.16 bits per heavy atom. The third-order valence-electron chi connectivity index (χ3n) is 2.54. The molecule has 0 aliphatic heterocycles. The predicted octanol–water partition coefficient (Wildman–Crippen LogP) is 1.73. The molecule has 106 valence electrons. The van der Waals surface area contributed by atoms with E-state index in [4.69, 9.17) is 14.2 Å². The van der Waals surface area contributed by atoms with Crippen LogP contribution in [0.2, 0.25) is 0 Å². The zero-order valence-corrected chi connectivity index (χ0v) is 13.0. The molecule has 1 aromatic rings. The highest BCUT2D eigenvalue weighted by Crippen LogP contribution is 2.36. The standard InChI is InChI=1S/C14H20BrNO3/c1-4-6-19-14-12(15)8-11(9-13(14)18-3)10-16-5-7-17-2/h4,8-9,16H,1,5-7,10H2,2-3H3/p+1. The molecule has 0 spiro atoms. The number of ether oxygens (including phenoxy) is 3. The van der Waals surface area contributed by atoms with Crippen LogP contribution in [-0.4, -0.2) is 34.0 Å². The lowest BCUT2D eigenvalue weighted by Gasteiger charge is -2.13. The van der Waals surface area contributed by atoms with Gasteiger partial charge < -0.3 is 19.5 Å². The SMILES string of the molecule is C=CCOc1c(Br)cc(C[NH2+]CCOC)cc1OC. The van der Waals surface area contributed by atoms with Gasteiger partial charge >= 0.3 is 0 Å². The number of rotatable bonds is 9. The first-order chi connectivity index (χ1) is 9.22. The summed E-state index contributed by atoms with van der Waals surface area (Å²) in [6, 6.07) is 4.04. The van der Waals surface area contributed by atoms with Crippen molar-refractivity contribution in [3.63, 3.8) is 0 Å². The van der Waals surface area contributed by atoms with Crippen LogP contribution in [0.4, 0.5) is 0 Å². The van der Waals surface area contributed by atoms with Crippen molar-refractivity contribution in [3.05, 3.63) is 34.8 Å². The van der Waals surface area contributed by atoms with Crippen molar-refractivity contribution in [1.82, 2.24) is 0 Å². The van der Waals surface area contributed by atoms with E-state index in [1.165, 1.54) is 5.56 Å². The lowest BCUT2D eigenvalue weighted by molar-refractivity contribution is -0.671. The summed E-state index contributed by atoms with van der Waals surface area (Å²) in [5.74, 6) is 1.44. The predicted molar refractivity (Wildman–Crippen MR) is 78.8 cm³/mol. The number of halogens is 1. The second kappa shape index (κ2) is 8.96. The zero-order chi connectivity index (χ0) is 14.1. The maximum absolute atomic E-state index is 5.59. The summed E-state index contributed by atoms with van der Waals surface area (Å²) >= 11 is 3.51. The summed E-state index contributed by atoms with van der Waals surface area (Å²) < 4.78 is 16.9. The largest absolute Gasteiger partial charge is 0.493 e. The Morgan fingerprint density at radius 3 is 2.79 bits per heavy atom. The van der Waals surface area contributed by atoms with E-state index in [1.807, 2.05) is 12.1 Å². The van der Waals surface area contributed by atoms with Crippen molar-refractivity contribution < 1.29 is 19.5 Å². The van der Waals surface area contributed by atoms with E-state index in [9.17, 15) is 0 Å². The van der Waals surface area contributed by atoms with Gasteiger partial charge in [0.1, 0.15) is 13.2 Å². The van der Waals surface area contributed by atoms with Crippen LogP contribution in [-0.2, 0) is 11.3 Å². The summed E-state index contributed by atoms with van der Waals surface area (Å²) in [5, 5.41) is 2.19. The van der Waals surface area contributed by atoms with Crippen molar-refractivity contribution in [2.75, 3.05) is 34.0 Å². The minimum Gasteiger partial charge on any atom is -0.493 e.